The maximum Gasteiger partial charge on any atom is 0.250 e. The summed E-state index contributed by atoms with van der Waals surface area (Å²) >= 11 is 1.32. The van der Waals surface area contributed by atoms with Crippen LogP contribution in [0.1, 0.15) is 18.9 Å². The highest BCUT2D eigenvalue weighted by Crippen LogP contribution is 2.17. The number of carbonyl (C=O) groups excluding carboxylic acids is 2. The second kappa shape index (κ2) is 6.09. The SMILES string of the molecule is CC(C)Cc1nnc(NC(=O)/C=C/C(N)=O)s1. The molecule has 17 heavy (non-hydrogen) atoms. The molecule has 6 nitrogen and oxygen atoms in total. The van der Waals surface area contributed by atoms with E-state index in [0.29, 0.717) is 11.0 Å². The van der Waals surface area contributed by atoms with Gasteiger partial charge in [-0.2, -0.15) is 0 Å². The molecule has 0 saturated heterocycles. The quantitative estimate of drug-likeness (QED) is 0.756. The molecule has 7 heteroatoms. The lowest BCUT2D eigenvalue weighted by molar-refractivity contribution is -0.115. The number of amides is 2. The molecule has 0 fully saturated rings. The van der Waals surface area contributed by atoms with Crippen LogP contribution in [-0.2, 0) is 16.0 Å². The Kier molecular flexibility index (Phi) is 4.77. The molecule has 0 aliphatic carbocycles. The van der Waals surface area contributed by atoms with E-state index in [1.807, 2.05) is 0 Å². The number of nitrogens with one attached hydrogen (secondary N) is 1. The average molecular weight is 254 g/mol. The van der Waals surface area contributed by atoms with Gasteiger partial charge in [0.2, 0.25) is 16.9 Å². The van der Waals surface area contributed by atoms with E-state index >= 15 is 0 Å². The first-order valence-corrected chi connectivity index (χ1v) is 5.90. The highest BCUT2D eigenvalue weighted by molar-refractivity contribution is 7.15. The summed E-state index contributed by atoms with van der Waals surface area (Å²) in [6, 6.07) is 0. The van der Waals surface area contributed by atoms with E-state index in [0.717, 1.165) is 23.6 Å². The minimum atomic E-state index is -0.669. The van der Waals surface area contributed by atoms with Crippen molar-refractivity contribution in [3.8, 4) is 0 Å². The van der Waals surface area contributed by atoms with Crippen molar-refractivity contribution in [1.29, 1.82) is 0 Å². The molecule has 1 heterocycles. The van der Waals surface area contributed by atoms with Crippen LogP contribution in [0.2, 0.25) is 0 Å². The van der Waals surface area contributed by atoms with Gasteiger partial charge in [-0.1, -0.05) is 25.2 Å². The van der Waals surface area contributed by atoms with Crippen LogP contribution in [0.25, 0.3) is 0 Å². The van der Waals surface area contributed by atoms with Crippen LogP contribution in [0.15, 0.2) is 12.2 Å². The van der Waals surface area contributed by atoms with Crippen molar-refractivity contribution in [2.24, 2.45) is 11.7 Å². The summed E-state index contributed by atoms with van der Waals surface area (Å²) in [4.78, 5) is 21.7. The minimum Gasteiger partial charge on any atom is -0.366 e. The molecule has 2 amide bonds. The first kappa shape index (κ1) is 13.3. The second-order valence-electron chi connectivity index (χ2n) is 3.82. The Hall–Kier alpha value is -1.76. The summed E-state index contributed by atoms with van der Waals surface area (Å²) < 4.78 is 0. The number of primary amides is 1. The third-order valence-electron chi connectivity index (χ3n) is 1.68. The Morgan fingerprint density at radius 3 is 2.71 bits per heavy atom. The fraction of sp³-hybridized carbons (Fsp3) is 0.400. The Labute approximate surface area is 103 Å². The lowest BCUT2D eigenvalue weighted by Gasteiger charge is -1.97. The van der Waals surface area contributed by atoms with E-state index in [-0.39, 0.29) is 0 Å². The molecule has 0 aromatic carbocycles. The average Bonchev–Trinajstić information content (AvgIpc) is 2.61. The van der Waals surface area contributed by atoms with E-state index < -0.39 is 11.8 Å². The predicted molar refractivity (Wildman–Crippen MR) is 65.4 cm³/mol. The van der Waals surface area contributed by atoms with Crippen molar-refractivity contribution in [3.05, 3.63) is 17.2 Å². The van der Waals surface area contributed by atoms with Gasteiger partial charge < -0.3 is 5.73 Å². The number of anilines is 1. The third-order valence-corrected chi connectivity index (χ3v) is 2.54. The lowest BCUT2D eigenvalue weighted by Crippen LogP contribution is -2.11. The van der Waals surface area contributed by atoms with Crippen LogP contribution in [0.4, 0.5) is 5.13 Å². The van der Waals surface area contributed by atoms with Gasteiger partial charge in [-0.25, -0.2) is 0 Å². The second-order valence-corrected chi connectivity index (χ2v) is 4.89. The maximum absolute atomic E-state index is 11.3. The Bertz CT molecular complexity index is 439. The van der Waals surface area contributed by atoms with Crippen molar-refractivity contribution in [3.63, 3.8) is 0 Å². The molecular formula is C10H14N4O2S. The topological polar surface area (TPSA) is 98.0 Å². The van der Waals surface area contributed by atoms with Gasteiger partial charge >= 0.3 is 0 Å². The molecule has 0 unspecified atom stereocenters. The Morgan fingerprint density at radius 1 is 1.41 bits per heavy atom. The molecule has 0 aliphatic rings. The smallest absolute Gasteiger partial charge is 0.250 e. The van der Waals surface area contributed by atoms with Crippen molar-refractivity contribution < 1.29 is 9.59 Å². The standard InChI is InChI=1S/C10H14N4O2S/c1-6(2)5-9-13-14-10(17-9)12-8(16)4-3-7(11)15/h3-4,6H,5H2,1-2H3,(H2,11,15)(H,12,14,16)/b4-3+. The molecule has 92 valence electrons. The summed E-state index contributed by atoms with van der Waals surface area (Å²) in [5, 5.41) is 11.6. The van der Waals surface area contributed by atoms with Crippen molar-refractivity contribution in [2.45, 2.75) is 20.3 Å². The molecule has 1 rings (SSSR count). The highest BCUT2D eigenvalue weighted by atomic mass is 32.1. The molecule has 0 aliphatic heterocycles. The first-order valence-electron chi connectivity index (χ1n) is 5.08. The zero-order valence-electron chi connectivity index (χ0n) is 9.64. The molecule has 1 aromatic heterocycles. The zero-order valence-corrected chi connectivity index (χ0v) is 10.5. The van der Waals surface area contributed by atoms with E-state index in [1.54, 1.807) is 0 Å². The van der Waals surface area contributed by atoms with E-state index in [1.165, 1.54) is 11.3 Å². The summed E-state index contributed by atoms with van der Waals surface area (Å²) in [5.74, 6) is -0.629. The molecule has 0 atom stereocenters. The van der Waals surface area contributed by atoms with E-state index in [4.69, 9.17) is 5.73 Å². The van der Waals surface area contributed by atoms with Gasteiger partial charge in [-0.15, -0.1) is 10.2 Å². The third kappa shape index (κ3) is 5.21. The molecular weight excluding hydrogens is 240 g/mol. The number of hydrogen-bond donors (Lipinski definition) is 2. The molecule has 0 radical (unpaired) electrons. The maximum atomic E-state index is 11.3. The van der Waals surface area contributed by atoms with Gasteiger partial charge in [0.05, 0.1) is 0 Å². The van der Waals surface area contributed by atoms with Crippen molar-refractivity contribution in [1.82, 2.24) is 10.2 Å². The number of hydrogen-bond acceptors (Lipinski definition) is 5. The molecule has 0 spiro atoms. The van der Waals surface area contributed by atoms with Gasteiger partial charge in [0.15, 0.2) is 0 Å². The zero-order chi connectivity index (χ0) is 12.8. The van der Waals surface area contributed by atoms with Crippen molar-refractivity contribution in [2.75, 3.05) is 5.32 Å². The molecule has 1 aromatic rings. The highest BCUT2D eigenvalue weighted by Gasteiger charge is 2.07. The fourth-order valence-electron chi connectivity index (χ4n) is 1.04. The van der Waals surface area contributed by atoms with E-state index in [2.05, 4.69) is 29.4 Å². The largest absolute Gasteiger partial charge is 0.366 e. The van der Waals surface area contributed by atoms with Crippen LogP contribution in [0.5, 0.6) is 0 Å². The number of nitrogens with two attached hydrogens (primary N) is 1. The minimum absolute atomic E-state index is 0.416. The molecule has 0 bridgehead atoms. The molecule has 3 N–H and O–H groups in total. The van der Waals surface area contributed by atoms with Gasteiger partial charge in [-0.05, 0) is 5.92 Å². The van der Waals surface area contributed by atoms with E-state index in [9.17, 15) is 9.59 Å². The Balaban J connectivity index is 2.54. The van der Waals surface area contributed by atoms with Crippen LogP contribution in [0, 0.1) is 5.92 Å². The normalized spacial score (nSPS) is 11.0. The fourth-order valence-corrected chi connectivity index (χ4v) is 2.00. The summed E-state index contributed by atoms with van der Waals surface area (Å²) in [6.45, 7) is 4.16. The number of carbonyl (C=O) groups is 2. The van der Waals surface area contributed by atoms with Crippen LogP contribution in [-0.4, -0.2) is 22.0 Å². The number of aromatic nitrogens is 2. The predicted octanol–water partition coefficient (Wildman–Crippen LogP) is 0.717. The Morgan fingerprint density at radius 2 is 2.12 bits per heavy atom. The van der Waals surface area contributed by atoms with Gasteiger partial charge in [-0.3, -0.25) is 14.9 Å². The van der Waals surface area contributed by atoms with Crippen LogP contribution >= 0.6 is 11.3 Å². The van der Waals surface area contributed by atoms with Crippen LogP contribution < -0.4 is 11.1 Å². The summed E-state index contributed by atoms with van der Waals surface area (Å²) in [7, 11) is 0. The number of rotatable bonds is 5. The molecule has 0 saturated carbocycles. The monoisotopic (exact) mass is 254 g/mol. The summed E-state index contributed by atoms with van der Waals surface area (Å²) in [5.41, 5.74) is 4.86. The van der Waals surface area contributed by atoms with Gasteiger partial charge in [0.25, 0.3) is 0 Å². The number of nitrogens with zero attached hydrogens (tertiary/aromatic N) is 2. The van der Waals surface area contributed by atoms with Gasteiger partial charge in [0, 0.05) is 18.6 Å². The summed E-state index contributed by atoms with van der Waals surface area (Å²) in [6.07, 6.45) is 2.88. The van der Waals surface area contributed by atoms with Crippen LogP contribution in [0.3, 0.4) is 0 Å². The van der Waals surface area contributed by atoms with Crippen molar-refractivity contribution >= 4 is 28.3 Å². The first-order chi connectivity index (χ1) is 7.97. The van der Waals surface area contributed by atoms with Gasteiger partial charge in [0.1, 0.15) is 5.01 Å². The lowest BCUT2D eigenvalue weighted by atomic mass is 10.1.